The summed E-state index contributed by atoms with van der Waals surface area (Å²) in [5.41, 5.74) is 9.34. The van der Waals surface area contributed by atoms with Crippen LogP contribution in [-0.4, -0.2) is 12.5 Å². The Hall–Kier alpha value is -0.790. The molecule has 1 aromatic carbocycles. The molecule has 0 aliphatic carbocycles. The summed E-state index contributed by atoms with van der Waals surface area (Å²) in [5.74, 6) is 0.441. The van der Waals surface area contributed by atoms with E-state index in [0.717, 1.165) is 16.4 Å². The van der Waals surface area contributed by atoms with Crippen LogP contribution < -0.4 is 11.1 Å². The number of thiophene rings is 1. The topological polar surface area (TPSA) is 50.4 Å². The van der Waals surface area contributed by atoms with Gasteiger partial charge in [0.15, 0.2) is 5.96 Å². The van der Waals surface area contributed by atoms with Gasteiger partial charge < -0.3 is 11.1 Å². The van der Waals surface area contributed by atoms with Gasteiger partial charge in [0, 0.05) is 23.5 Å². The monoisotopic (exact) mass is 435 g/mol. The minimum absolute atomic E-state index is 0. The fourth-order valence-electron chi connectivity index (χ4n) is 1.78. The summed E-state index contributed by atoms with van der Waals surface area (Å²) in [7, 11) is 0. The number of nitrogens with zero attached hydrogens (tertiary/aromatic N) is 1. The van der Waals surface area contributed by atoms with Gasteiger partial charge in [-0.3, -0.25) is 4.99 Å². The molecule has 0 saturated heterocycles. The number of nitrogens with one attached hydrogen (secondary N) is 1. The third-order valence-corrected chi connectivity index (χ3v) is 4.34. The van der Waals surface area contributed by atoms with E-state index in [2.05, 4.69) is 36.3 Å². The standard InChI is InChI=1S/C15H18ClN3S.HI/c1-10-3-4-12(9-11(10)2)19-15(17)18-8-7-13-5-6-14(16)20-13;/h3-6,9H,7-8H2,1-2H3,(H3,17,18,19);1H. The molecule has 2 rings (SSSR count). The minimum Gasteiger partial charge on any atom is -0.370 e. The molecule has 3 N–H and O–H groups in total. The molecule has 0 saturated carbocycles. The number of hydrogen-bond acceptors (Lipinski definition) is 2. The van der Waals surface area contributed by atoms with E-state index < -0.39 is 0 Å². The van der Waals surface area contributed by atoms with E-state index >= 15 is 0 Å². The first-order valence-corrected chi connectivity index (χ1v) is 7.62. The zero-order valence-corrected chi connectivity index (χ0v) is 15.9. The number of aryl methyl sites for hydroxylation is 2. The van der Waals surface area contributed by atoms with Crippen LogP contribution in [0, 0.1) is 13.8 Å². The van der Waals surface area contributed by atoms with Crippen LogP contribution in [0.2, 0.25) is 4.34 Å². The van der Waals surface area contributed by atoms with Crippen molar-refractivity contribution >= 4 is 58.6 Å². The molecule has 0 radical (unpaired) electrons. The number of aliphatic imine (C=N–C) groups is 1. The van der Waals surface area contributed by atoms with Crippen LogP contribution in [0.4, 0.5) is 5.69 Å². The summed E-state index contributed by atoms with van der Waals surface area (Å²) in [4.78, 5) is 5.54. The maximum Gasteiger partial charge on any atom is 0.193 e. The van der Waals surface area contributed by atoms with E-state index in [0.29, 0.717) is 12.5 Å². The first kappa shape index (κ1) is 18.3. The van der Waals surface area contributed by atoms with Crippen LogP contribution >= 0.6 is 46.9 Å². The molecule has 0 bridgehead atoms. The molecule has 0 fully saturated rings. The van der Waals surface area contributed by atoms with Crippen LogP contribution in [0.25, 0.3) is 0 Å². The molecule has 2 aromatic rings. The largest absolute Gasteiger partial charge is 0.370 e. The molecule has 6 heteroatoms. The molecule has 1 aromatic heterocycles. The Morgan fingerprint density at radius 2 is 2.00 bits per heavy atom. The zero-order chi connectivity index (χ0) is 14.5. The SMILES string of the molecule is Cc1ccc(NC(N)=NCCc2ccc(Cl)s2)cc1C.I. The summed E-state index contributed by atoms with van der Waals surface area (Å²) >= 11 is 7.46. The zero-order valence-electron chi connectivity index (χ0n) is 12.0. The van der Waals surface area contributed by atoms with Gasteiger partial charge >= 0.3 is 0 Å². The van der Waals surface area contributed by atoms with Gasteiger partial charge in [-0.2, -0.15) is 0 Å². The van der Waals surface area contributed by atoms with Crippen molar-refractivity contribution in [3.05, 3.63) is 50.7 Å². The summed E-state index contributed by atoms with van der Waals surface area (Å²) in [6, 6.07) is 10.1. The maximum atomic E-state index is 5.88. The highest BCUT2D eigenvalue weighted by Gasteiger charge is 1.99. The highest BCUT2D eigenvalue weighted by molar-refractivity contribution is 14.0. The lowest BCUT2D eigenvalue weighted by atomic mass is 10.1. The number of rotatable bonds is 4. The number of anilines is 1. The third kappa shape index (κ3) is 5.84. The highest BCUT2D eigenvalue weighted by Crippen LogP contribution is 2.21. The van der Waals surface area contributed by atoms with Crippen LogP contribution in [0.5, 0.6) is 0 Å². The van der Waals surface area contributed by atoms with Crippen molar-refractivity contribution in [1.82, 2.24) is 0 Å². The average molecular weight is 436 g/mol. The number of nitrogens with two attached hydrogens (primary N) is 1. The molecule has 0 aliphatic rings. The molecule has 3 nitrogen and oxygen atoms in total. The van der Waals surface area contributed by atoms with Crippen molar-refractivity contribution in [2.24, 2.45) is 10.7 Å². The molecule has 114 valence electrons. The Bertz CT molecular complexity index is 625. The van der Waals surface area contributed by atoms with E-state index in [4.69, 9.17) is 17.3 Å². The third-order valence-electron chi connectivity index (χ3n) is 3.05. The van der Waals surface area contributed by atoms with Crippen molar-refractivity contribution in [1.29, 1.82) is 0 Å². The fraction of sp³-hybridized carbons (Fsp3) is 0.267. The predicted octanol–water partition coefficient (Wildman–Crippen LogP) is 4.61. The maximum absolute atomic E-state index is 5.88. The van der Waals surface area contributed by atoms with Crippen molar-refractivity contribution in [3.63, 3.8) is 0 Å². The fourth-order valence-corrected chi connectivity index (χ4v) is 2.86. The molecule has 0 aliphatic heterocycles. The summed E-state index contributed by atoms with van der Waals surface area (Å²) in [6.07, 6.45) is 0.854. The molecule has 1 heterocycles. The van der Waals surface area contributed by atoms with Crippen LogP contribution in [0.1, 0.15) is 16.0 Å². The number of hydrogen-bond donors (Lipinski definition) is 2. The van der Waals surface area contributed by atoms with Gasteiger partial charge in [0.05, 0.1) is 4.34 Å². The lowest BCUT2D eigenvalue weighted by Crippen LogP contribution is -2.23. The van der Waals surface area contributed by atoms with Gasteiger partial charge in [-0.1, -0.05) is 17.7 Å². The molecular weight excluding hydrogens is 417 g/mol. The van der Waals surface area contributed by atoms with Crippen molar-refractivity contribution in [3.8, 4) is 0 Å². The van der Waals surface area contributed by atoms with Gasteiger partial charge in [0.2, 0.25) is 0 Å². The molecule has 0 spiro atoms. The number of benzene rings is 1. The summed E-state index contributed by atoms with van der Waals surface area (Å²) in [6.45, 7) is 4.82. The van der Waals surface area contributed by atoms with E-state index in [1.165, 1.54) is 16.0 Å². The quantitative estimate of drug-likeness (QED) is 0.419. The molecule has 21 heavy (non-hydrogen) atoms. The average Bonchev–Trinajstić information content (AvgIpc) is 2.80. The second-order valence-electron chi connectivity index (χ2n) is 4.65. The number of guanidine groups is 1. The van der Waals surface area contributed by atoms with Crippen molar-refractivity contribution < 1.29 is 0 Å². The Balaban J connectivity index is 0.00000220. The smallest absolute Gasteiger partial charge is 0.193 e. The first-order chi connectivity index (χ1) is 9.54. The lowest BCUT2D eigenvalue weighted by molar-refractivity contribution is 0.983. The van der Waals surface area contributed by atoms with Gasteiger partial charge in [-0.25, -0.2) is 0 Å². The van der Waals surface area contributed by atoms with Gasteiger partial charge in [-0.15, -0.1) is 35.3 Å². The molecule has 0 atom stereocenters. The summed E-state index contributed by atoms with van der Waals surface area (Å²) < 4.78 is 0.810. The molecule has 0 amide bonds. The predicted molar refractivity (Wildman–Crippen MR) is 104 cm³/mol. The molecular formula is C15H19ClIN3S. The van der Waals surface area contributed by atoms with Crippen LogP contribution in [-0.2, 0) is 6.42 Å². The van der Waals surface area contributed by atoms with Crippen molar-refractivity contribution in [2.45, 2.75) is 20.3 Å². The number of halogens is 2. The minimum atomic E-state index is 0. The van der Waals surface area contributed by atoms with E-state index in [9.17, 15) is 0 Å². The van der Waals surface area contributed by atoms with Gasteiger partial charge in [0.25, 0.3) is 0 Å². The Kier molecular flexibility index (Phi) is 7.48. The van der Waals surface area contributed by atoms with Crippen LogP contribution in [0.15, 0.2) is 35.3 Å². The van der Waals surface area contributed by atoms with Crippen molar-refractivity contribution in [2.75, 3.05) is 11.9 Å². The first-order valence-electron chi connectivity index (χ1n) is 6.43. The van der Waals surface area contributed by atoms with E-state index in [-0.39, 0.29) is 24.0 Å². The second-order valence-corrected chi connectivity index (χ2v) is 6.45. The van der Waals surface area contributed by atoms with Crippen LogP contribution in [0.3, 0.4) is 0 Å². The highest BCUT2D eigenvalue weighted by atomic mass is 127. The van der Waals surface area contributed by atoms with Gasteiger partial charge in [-0.05, 0) is 49.2 Å². The Morgan fingerprint density at radius 1 is 1.24 bits per heavy atom. The summed E-state index contributed by atoms with van der Waals surface area (Å²) in [5, 5.41) is 3.11. The Morgan fingerprint density at radius 3 is 2.62 bits per heavy atom. The van der Waals surface area contributed by atoms with E-state index in [1.807, 2.05) is 18.2 Å². The lowest BCUT2D eigenvalue weighted by Gasteiger charge is -2.07. The van der Waals surface area contributed by atoms with E-state index in [1.54, 1.807) is 11.3 Å². The van der Waals surface area contributed by atoms with Gasteiger partial charge in [0.1, 0.15) is 0 Å². The second kappa shape index (κ2) is 8.60. The normalized spacial score (nSPS) is 11.1. The Labute approximate surface area is 151 Å². The molecule has 0 unspecified atom stereocenters.